The average Bonchev–Trinajstić information content (AvgIpc) is 2.77. The van der Waals surface area contributed by atoms with E-state index in [1.807, 2.05) is 6.92 Å². The lowest BCUT2D eigenvalue weighted by Gasteiger charge is -2.43. The van der Waals surface area contributed by atoms with Gasteiger partial charge in [0.1, 0.15) is 0 Å². The van der Waals surface area contributed by atoms with Crippen LogP contribution in [0.25, 0.3) is 0 Å². The molecule has 6 heteroatoms. The summed E-state index contributed by atoms with van der Waals surface area (Å²) in [6, 6.07) is 0. The number of rotatable bonds is 6. The molecule has 100 valence electrons. The van der Waals surface area contributed by atoms with Gasteiger partial charge in [-0.3, -0.25) is 9.78 Å². The van der Waals surface area contributed by atoms with Crippen molar-refractivity contribution in [1.29, 1.82) is 0 Å². The van der Waals surface area contributed by atoms with Gasteiger partial charge in [-0.15, -0.1) is 11.3 Å². The minimum absolute atomic E-state index is 0.0764. The van der Waals surface area contributed by atoms with Gasteiger partial charge in [0.15, 0.2) is 0 Å². The second kappa shape index (κ2) is 5.77. The highest BCUT2D eigenvalue weighted by Crippen LogP contribution is 2.33. The van der Waals surface area contributed by atoms with Gasteiger partial charge in [-0.2, -0.15) is 0 Å². The summed E-state index contributed by atoms with van der Waals surface area (Å²) in [5.74, 6) is -0.0764. The molecular formula is C12H18N2O3S. The van der Waals surface area contributed by atoms with E-state index < -0.39 is 5.60 Å². The van der Waals surface area contributed by atoms with Crippen molar-refractivity contribution >= 4 is 17.2 Å². The van der Waals surface area contributed by atoms with E-state index in [0.29, 0.717) is 32.4 Å². The lowest BCUT2D eigenvalue weighted by molar-refractivity contribution is -0.141. The van der Waals surface area contributed by atoms with Gasteiger partial charge in [0, 0.05) is 37.1 Å². The number of ether oxygens (including phenoxy) is 1. The number of carbonyl (C=O) groups excluding carboxylic acids is 1. The van der Waals surface area contributed by atoms with Crippen molar-refractivity contribution in [3.05, 3.63) is 16.6 Å². The second-order valence-corrected chi connectivity index (χ2v) is 5.60. The van der Waals surface area contributed by atoms with Crippen LogP contribution in [0, 0.1) is 0 Å². The third-order valence-corrected chi connectivity index (χ3v) is 3.83. The molecule has 1 aromatic heterocycles. The molecule has 2 rings (SSSR count). The summed E-state index contributed by atoms with van der Waals surface area (Å²) >= 11 is 1.46. The highest BCUT2D eigenvalue weighted by atomic mass is 32.1. The first-order valence-corrected chi connectivity index (χ1v) is 6.97. The van der Waals surface area contributed by atoms with Gasteiger partial charge in [0.05, 0.1) is 23.6 Å². The number of aliphatic hydroxyl groups is 1. The molecule has 2 N–H and O–H groups in total. The van der Waals surface area contributed by atoms with E-state index >= 15 is 0 Å². The zero-order valence-corrected chi connectivity index (χ0v) is 11.2. The molecule has 1 aromatic rings. The molecule has 0 radical (unpaired) electrons. The number of hydrogen-bond donors (Lipinski definition) is 2. The van der Waals surface area contributed by atoms with Crippen molar-refractivity contribution in [2.24, 2.45) is 0 Å². The summed E-state index contributed by atoms with van der Waals surface area (Å²) in [6.07, 6.45) is 3.35. The summed E-state index contributed by atoms with van der Waals surface area (Å²) in [6.45, 7) is 2.90. The summed E-state index contributed by atoms with van der Waals surface area (Å²) in [5, 5.41) is 12.8. The topological polar surface area (TPSA) is 71.5 Å². The first-order valence-electron chi connectivity index (χ1n) is 6.09. The zero-order chi connectivity index (χ0) is 13.0. The number of thiazole rings is 1. The molecule has 1 amide bonds. The van der Waals surface area contributed by atoms with Crippen LogP contribution in [0.5, 0.6) is 0 Å². The van der Waals surface area contributed by atoms with Crippen molar-refractivity contribution < 1.29 is 14.6 Å². The Bertz CT molecular complexity index is 388. The fraction of sp³-hybridized carbons (Fsp3) is 0.667. The first-order chi connectivity index (χ1) is 8.61. The molecule has 18 heavy (non-hydrogen) atoms. The van der Waals surface area contributed by atoms with E-state index in [4.69, 9.17) is 4.74 Å². The van der Waals surface area contributed by atoms with Crippen molar-refractivity contribution in [2.45, 2.75) is 37.9 Å². The number of hydrogen-bond acceptors (Lipinski definition) is 5. The van der Waals surface area contributed by atoms with Crippen molar-refractivity contribution in [3.63, 3.8) is 0 Å². The highest BCUT2D eigenvalue weighted by molar-refractivity contribution is 7.09. The van der Waals surface area contributed by atoms with Crippen molar-refractivity contribution in [1.82, 2.24) is 10.3 Å². The first kappa shape index (κ1) is 13.5. The van der Waals surface area contributed by atoms with Crippen LogP contribution in [0.4, 0.5) is 0 Å². The lowest BCUT2D eigenvalue weighted by atomic mass is 9.77. The Morgan fingerprint density at radius 3 is 3.11 bits per heavy atom. The Balaban J connectivity index is 1.67. The molecule has 1 aliphatic carbocycles. The van der Waals surface area contributed by atoms with Crippen LogP contribution in [-0.2, 0) is 16.0 Å². The zero-order valence-electron chi connectivity index (χ0n) is 10.4. The summed E-state index contributed by atoms with van der Waals surface area (Å²) in [7, 11) is 0. The Morgan fingerprint density at radius 2 is 2.50 bits per heavy atom. The quantitative estimate of drug-likeness (QED) is 0.799. The molecule has 0 atom stereocenters. The van der Waals surface area contributed by atoms with E-state index in [2.05, 4.69) is 10.3 Å². The Hall–Kier alpha value is -0.980. The van der Waals surface area contributed by atoms with E-state index in [0.717, 1.165) is 4.88 Å². The van der Waals surface area contributed by atoms with Crippen molar-refractivity contribution in [3.8, 4) is 0 Å². The van der Waals surface area contributed by atoms with Gasteiger partial charge in [-0.25, -0.2) is 0 Å². The third-order valence-electron chi connectivity index (χ3n) is 3.05. The molecule has 1 saturated carbocycles. The number of nitrogens with one attached hydrogen (secondary N) is 1. The SMILES string of the molecule is CCOC1CC(O)(CNC(=O)Cc2cncs2)C1. The monoisotopic (exact) mass is 270 g/mol. The number of aromatic nitrogens is 1. The lowest BCUT2D eigenvalue weighted by Crippen LogP contribution is -2.55. The van der Waals surface area contributed by atoms with Crippen LogP contribution < -0.4 is 5.32 Å². The third kappa shape index (κ3) is 3.51. The largest absolute Gasteiger partial charge is 0.388 e. The minimum Gasteiger partial charge on any atom is -0.388 e. The van der Waals surface area contributed by atoms with Gasteiger partial charge in [0.2, 0.25) is 5.91 Å². The van der Waals surface area contributed by atoms with Gasteiger partial charge < -0.3 is 15.2 Å². The molecule has 1 aliphatic rings. The Kier molecular flexibility index (Phi) is 4.31. The van der Waals surface area contributed by atoms with Crippen LogP contribution in [0.3, 0.4) is 0 Å². The van der Waals surface area contributed by atoms with Crippen LogP contribution in [-0.4, -0.2) is 40.9 Å². The van der Waals surface area contributed by atoms with E-state index in [9.17, 15) is 9.90 Å². The molecule has 0 saturated heterocycles. The molecular weight excluding hydrogens is 252 g/mol. The van der Waals surface area contributed by atoms with Crippen LogP contribution >= 0.6 is 11.3 Å². The van der Waals surface area contributed by atoms with Crippen LogP contribution in [0.2, 0.25) is 0 Å². The smallest absolute Gasteiger partial charge is 0.225 e. The maximum Gasteiger partial charge on any atom is 0.225 e. The molecule has 0 aromatic carbocycles. The van der Waals surface area contributed by atoms with Gasteiger partial charge >= 0.3 is 0 Å². The fourth-order valence-corrected chi connectivity index (χ4v) is 2.69. The Morgan fingerprint density at radius 1 is 1.72 bits per heavy atom. The number of amides is 1. The van der Waals surface area contributed by atoms with E-state index in [1.54, 1.807) is 11.7 Å². The minimum atomic E-state index is -0.788. The van der Waals surface area contributed by atoms with Crippen LogP contribution in [0.15, 0.2) is 11.7 Å². The second-order valence-electron chi connectivity index (χ2n) is 4.63. The maximum absolute atomic E-state index is 11.6. The molecule has 0 unspecified atom stereocenters. The van der Waals surface area contributed by atoms with E-state index in [-0.39, 0.29) is 12.0 Å². The highest BCUT2D eigenvalue weighted by Gasteiger charge is 2.43. The predicted octanol–water partition coefficient (Wildman–Crippen LogP) is 0.732. The number of carbonyl (C=O) groups is 1. The number of nitrogens with zero attached hydrogens (tertiary/aromatic N) is 1. The summed E-state index contributed by atoms with van der Waals surface area (Å²) in [4.78, 5) is 16.5. The summed E-state index contributed by atoms with van der Waals surface area (Å²) < 4.78 is 5.39. The standard InChI is InChI=1S/C12H18N2O3S/c1-2-17-9-4-12(16,5-9)7-14-11(15)3-10-6-13-8-18-10/h6,8-9,16H,2-5,7H2,1H3,(H,14,15). The van der Waals surface area contributed by atoms with Gasteiger partial charge in [0.25, 0.3) is 0 Å². The van der Waals surface area contributed by atoms with Gasteiger partial charge in [-0.05, 0) is 6.92 Å². The molecule has 5 nitrogen and oxygen atoms in total. The normalized spacial score (nSPS) is 26.7. The fourth-order valence-electron chi connectivity index (χ4n) is 2.10. The Labute approximate surface area is 110 Å². The van der Waals surface area contributed by atoms with Crippen LogP contribution in [0.1, 0.15) is 24.6 Å². The van der Waals surface area contributed by atoms with Crippen molar-refractivity contribution in [2.75, 3.05) is 13.2 Å². The van der Waals surface area contributed by atoms with Gasteiger partial charge in [-0.1, -0.05) is 0 Å². The molecule has 1 heterocycles. The molecule has 0 spiro atoms. The summed E-state index contributed by atoms with van der Waals surface area (Å²) in [5.41, 5.74) is 0.915. The molecule has 1 fully saturated rings. The average molecular weight is 270 g/mol. The molecule has 0 bridgehead atoms. The predicted molar refractivity (Wildman–Crippen MR) is 68.4 cm³/mol. The molecule has 0 aliphatic heterocycles. The maximum atomic E-state index is 11.6. The van der Waals surface area contributed by atoms with E-state index in [1.165, 1.54) is 11.3 Å².